The van der Waals surface area contributed by atoms with Gasteiger partial charge in [-0.25, -0.2) is 13.1 Å². The highest BCUT2D eigenvalue weighted by Gasteiger charge is 2.18. The van der Waals surface area contributed by atoms with Gasteiger partial charge in [-0.3, -0.25) is 4.79 Å². The molecular weight excluding hydrogens is 254 g/mol. The Hall–Kier alpha value is -1.24. The number of rotatable bonds is 6. The van der Waals surface area contributed by atoms with E-state index in [0.29, 0.717) is 12.0 Å². The van der Waals surface area contributed by atoms with Gasteiger partial charge in [-0.2, -0.15) is 0 Å². The van der Waals surface area contributed by atoms with Gasteiger partial charge in [0.15, 0.2) is 5.78 Å². The topological polar surface area (TPSA) is 83.5 Å². The molecule has 0 aliphatic rings. The molecule has 18 heavy (non-hydrogen) atoms. The molecule has 0 aliphatic heterocycles. The summed E-state index contributed by atoms with van der Waals surface area (Å²) in [5, 5.41) is 8.84. The molecule has 2 N–H and O–H groups in total. The fraction of sp³-hybridized carbons (Fsp3) is 0.417. The lowest BCUT2D eigenvalue weighted by molar-refractivity contribution is 0.0988. The highest BCUT2D eigenvalue weighted by molar-refractivity contribution is 7.89. The van der Waals surface area contributed by atoms with E-state index < -0.39 is 16.1 Å². The minimum atomic E-state index is -3.70. The summed E-state index contributed by atoms with van der Waals surface area (Å²) < 4.78 is 26.2. The number of nitrogens with one attached hydrogen (secondary N) is 1. The Morgan fingerprint density at radius 1 is 1.44 bits per heavy atom. The van der Waals surface area contributed by atoms with E-state index in [9.17, 15) is 13.2 Å². The van der Waals surface area contributed by atoms with Crippen LogP contribution in [0.2, 0.25) is 0 Å². The van der Waals surface area contributed by atoms with Crippen LogP contribution in [0.1, 0.15) is 30.6 Å². The molecule has 1 atom stereocenters. The maximum absolute atomic E-state index is 11.9. The van der Waals surface area contributed by atoms with Crippen molar-refractivity contribution in [2.75, 3.05) is 6.61 Å². The van der Waals surface area contributed by atoms with Gasteiger partial charge in [-0.05, 0) is 19.1 Å². The minimum absolute atomic E-state index is 0.0297. The van der Waals surface area contributed by atoms with E-state index >= 15 is 0 Å². The number of benzene rings is 1. The van der Waals surface area contributed by atoms with E-state index in [1.165, 1.54) is 18.2 Å². The minimum Gasteiger partial charge on any atom is -0.395 e. The summed E-state index contributed by atoms with van der Waals surface area (Å²) in [6.07, 6.45) is 0.323. The van der Waals surface area contributed by atoms with Crippen LogP contribution in [0, 0.1) is 0 Å². The molecule has 0 spiro atoms. The third kappa shape index (κ3) is 3.63. The molecule has 1 aromatic rings. The first kappa shape index (κ1) is 14.8. The molecule has 0 aromatic heterocycles. The van der Waals surface area contributed by atoms with Crippen molar-refractivity contribution in [1.29, 1.82) is 0 Å². The van der Waals surface area contributed by atoms with Crippen molar-refractivity contribution < 1.29 is 18.3 Å². The Bertz CT molecular complexity index is 525. The lowest BCUT2D eigenvalue weighted by atomic mass is 10.1. The van der Waals surface area contributed by atoms with Crippen molar-refractivity contribution in [2.24, 2.45) is 0 Å². The summed E-state index contributed by atoms with van der Waals surface area (Å²) in [6, 6.07) is 5.30. The van der Waals surface area contributed by atoms with E-state index in [4.69, 9.17) is 5.11 Å². The van der Waals surface area contributed by atoms with E-state index in [1.54, 1.807) is 19.9 Å². The lowest BCUT2D eigenvalue weighted by Crippen LogP contribution is -2.35. The molecular formula is C12H17NO4S. The number of sulfonamides is 1. The van der Waals surface area contributed by atoms with Gasteiger partial charge < -0.3 is 5.11 Å². The number of aliphatic hydroxyl groups is 1. The van der Waals surface area contributed by atoms with Gasteiger partial charge in [0.2, 0.25) is 10.0 Å². The lowest BCUT2D eigenvalue weighted by Gasteiger charge is -2.12. The maximum atomic E-state index is 11.9. The average molecular weight is 271 g/mol. The van der Waals surface area contributed by atoms with Crippen LogP contribution in [0.25, 0.3) is 0 Å². The van der Waals surface area contributed by atoms with Crippen LogP contribution in [0.4, 0.5) is 0 Å². The van der Waals surface area contributed by atoms with Crippen molar-refractivity contribution in [2.45, 2.75) is 31.2 Å². The van der Waals surface area contributed by atoms with Crippen molar-refractivity contribution in [1.82, 2.24) is 4.72 Å². The fourth-order valence-corrected chi connectivity index (χ4v) is 2.69. The van der Waals surface area contributed by atoms with Gasteiger partial charge >= 0.3 is 0 Å². The zero-order valence-corrected chi connectivity index (χ0v) is 11.2. The van der Waals surface area contributed by atoms with Crippen LogP contribution in [-0.2, 0) is 10.0 Å². The number of Topliss-reactive ketones (excluding diaryl/α,β-unsaturated/α-hetero) is 1. The molecule has 100 valence electrons. The third-order valence-corrected chi connectivity index (χ3v) is 4.00. The quantitative estimate of drug-likeness (QED) is 0.754. The Labute approximate surface area is 107 Å². The summed E-state index contributed by atoms with van der Waals surface area (Å²) in [5.41, 5.74) is 0.372. The van der Waals surface area contributed by atoms with E-state index in [-0.39, 0.29) is 17.3 Å². The summed E-state index contributed by atoms with van der Waals surface area (Å²) in [6.45, 7) is 2.99. The van der Waals surface area contributed by atoms with Crippen LogP contribution < -0.4 is 4.72 Å². The highest BCUT2D eigenvalue weighted by Crippen LogP contribution is 2.13. The van der Waals surface area contributed by atoms with Crippen LogP contribution in [0.3, 0.4) is 0 Å². The number of carbonyl (C=O) groups excluding carboxylic acids is 1. The average Bonchev–Trinajstić information content (AvgIpc) is 2.37. The third-order valence-electron chi connectivity index (χ3n) is 2.42. The van der Waals surface area contributed by atoms with E-state index in [1.807, 2.05) is 0 Å². The summed E-state index contributed by atoms with van der Waals surface area (Å²) in [5.74, 6) is -0.109. The van der Waals surface area contributed by atoms with Gasteiger partial charge in [0, 0.05) is 18.0 Å². The van der Waals surface area contributed by atoms with Gasteiger partial charge in [-0.1, -0.05) is 19.1 Å². The molecule has 0 heterocycles. The molecule has 0 amide bonds. The molecule has 0 bridgehead atoms. The summed E-state index contributed by atoms with van der Waals surface area (Å²) in [4.78, 5) is 11.5. The molecule has 0 radical (unpaired) electrons. The van der Waals surface area contributed by atoms with Crippen molar-refractivity contribution >= 4 is 15.8 Å². The molecule has 0 saturated heterocycles. The van der Waals surface area contributed by atoms with Crippen LogP contribution in [0.15, 0.2) is 29.2 Å². The molecule has 0 aliphatic carbocycles. The van der Waals surface area contributed by atoms with Crippen molar-refractivity contribution in [3.8, 4) is 0 Å². The highest BCUT2D eigenvalue weighted by atomic mass is 32.2. The first-order chi connectivity index (χ1) is 8.40. The SMILES string of the molecule is CCC(=O)c1cccc(S(=O)(=O)N[C@@H](C)CO)c1. The molecule has 1 aromatic carbocycles. The number of carbonyl (C=O) groups is 1. The second-order valence-electron chi connectivity index (χ2n) is 4.01. The second kappa shape index (κ2) is 6.08. The van der Waals surface area contributed by atoms with Crippen molar-refractivity contribution in [3.63, 3.8) is 0 Å². The van der Waals surface area contributed by atoms with Gasteiger partial charge in [-0.15, -0.1) is 0 Å². The summed E-state index contributed by atoms with van der Waals surface area (Å²) >= 11 is 0. The zero-order valence-electron chi connectivity index (χ0n) is 10.4. The largest absolute Gasteiger partial charge is 0.395 e. The molecule has 0 fully saturated rings. The van der Waals surface area contributed by atoms with E-state index in [0.717, 1.165) is 0 Å². The standard InChI is InChI=1S/C12H17NO4S/c1-3-12(15)10-5-4-6-11(7-10)18(16,17)13-9(2)8-14/h4-7,9,13-14H,3,8H2,1-2H3/t9-/m0/s1. The molecule has 0 unspecified atom stereocenters. The molecule has 5 nitrogen and oxygen atoms in total. The Morgan fingerprint density at radius 2 is 2.11 bits per heavy atom. The number of aliphatic hydroxyl groups excluding tert-OH is 1. The zero-order chi connectivity index (χ0) is 13.8. The molecule has 6 heteroatoms. The predicted octanol–water partition coefficient (Wildman–Crippen LogP) is 0.938. The van der Waals surface area contributed by atoms with Crippen LogP contribution in [-0.4, -0.2) is 32.0 Å². The number of hydrogen-bond donors (Lipinski definition) is 2. The molecule has 1 rings (SSSR count). The molecule has 0 saturated carbocycles. The maximum Gasteiger partial charge on any atom is 0.240 e. The Kier molecular flexibility index (Phi) is 5.01. The van der Waals surface area contributed by atoms with Crippen LogP contribution >= 0.6 is 0 Å². The normalized spacial score (nSPS) is 13.3. The first-order valence-corrected chi connectivity index (χ1v) is 7.15. The summed E-state index contributed by atoms with van der Waals surface area (Å²) in [7, 11) is -3.70. The number of ketones is 1. The van der Waals surface area contributed by atoms with Crippen LogP contribution in [0.5, 0.6) is 0 Å². The monoisotopic (exact) mass is 271 g/mol. The fourth-order valence-electron chi connectivity index (χ4n) is 1.41. The predicted molar refractivity (Wildman–Crippen MR) is 67.9 cm³/mol. The van der Waals surface area contributed by atoms with E-state index in [2.05, 4.69) is 4.72 Å². The Morgan fingerprint density at radius 3 is 2.67 bits per heavy atom. The van der Waals surface area contributed by atoms with Gasteiger partial charge in [0.05, 0.1) is 11.5 Å². The van der Waals surface area contributed by atoms with Gasteiger partial charge in [0.25, 0.3) is 0 Å². The van der Waals surface area contributed by atoms with Crippen molar-refractivity contribution in [3.05, 3.63) is 29.8 Å². The number of hydrogen-bond acceptors (Lipinski definition) is 4. The first-order valence-electron chi connectivity index (χ1n) is 5.67. The van der Waals surface area contributed by atoms with Gasteiger partial charge in [0.1, 0.15) is 0 Å². The Balaban J connectivity index is 3.06. The second-order valence-corrected chi connectivity index (χ2v) is 5.72. The smallest absolute Gasteiger partial charge is 0.240 e.